The molecule has 3 nitrogen and oxygen atoms in total. The molecule has 0 saturated heterocycles. The second-order valence-corrected chi connectivity index (χ2v) is 5.18. The first-order chi connectivity index (χ1) is 7.54. The van der Waals surface area contributed by atoms with Gasteiger partial charge in [-0.2, -0.15) is 0 Å². The number of anilines is 1. The predicted molar refractivity (Wildman–Crippen MR) is 73.6 cm³/mol. The second kappa shape index (κ2) is 6.23. The molecule has 1 heterocycles. The van der Waals surface area contributed by atoms with E-state index < -0.39 is 0 Å². The van der Waals surface area contributed by atoms with E-state index in [0.29, 0.717) is 5.15 Å². The summed E-state index contributed by atoms with van der Waals surface area (Å²) in [7, 11) is 3.93. The Morgan fingerprint density at radius 2 is 2.25 bits per heavy atom. The Morgan fingerprint density at radius 3 is 2.75 bits per heavy atom. The van der Waals surface area contributed by atoms with Crippen molar-refractivity contribution in [1.82, 2.24) is 10.3 Å². The number of hydrogen-bond acceptors (Lipinski definition) is 4. The van der Waals surface area contributed by atoms with Crippen molar-refractivity contribution < 1.29 is 0 Å². The molecule has 0 aliphatic carbocycles. The van der Waals surface area contributed by atoms with Crippen LogP contribution in [0.15, 0.2) is 5.57 Å². The summed E-state index contributed by atoms with van der Waals surface area (Å²) in [5.41, 5.74) is 1.26. The van der Waals surface area contributed by atoms with Gasteiger partial charge in [-0.05, 0) is 19.5 Å². The number of likely N-dealkylation sites (N-methyl/N-ethyl adjacent to an activating group) is 1. The highest BCUT2D eigenvalue weighted by Gasteiger charge is 2.08. The van der Waals surface area contributed by atoms with E-state index in [1.807, 2.05) is 19.0 Å². The SMILES string of the molecule is CCNCC(C)=Cc1sc(N(C)C)nc1Cl. The van der Waals surface area contributed by atoms with Crippen LogP contribution in [0.2, 0.25) is 5.15 Å². The molecule has 5 heteroatoms. The zero-order valence-corrected chi connectivity index (χ0v) is 11.7. The van der Waals surface area contributed by atoms with Gasteiger partial charge in [-0.1, -0.05) is 35.4 Å². The lowest BCUT2D eigenvalue weighted by Crippen LogP contribution is -2.14. The summed E-state index contributed by atoms with van der Waals surface area (Å²) in [5, 5.41) is 4.80. The minimum absolute atomic E-state index is 0.588. The first kappa shape index (κ1) is 13.5. The summed E-state index contributed by atoms with van der Waals surface area (Å²) in [5.74, 6) is 0. The fourth-order valence-electron chi connectivity index (χ4n) is 1.18. The molecular weight excluding hydrogens is 242 g/mol. The topological polar surface area (TPSA) is 28.2 Å². The van der Waals surface area contributed by atoms with Crippen LogP contribution in [0.4, 0.5) is 5.13 Å². The summed E-state index contributed by atoms with van der Waals surface area (Å²) >= 11 is 7.68. The van der Waals surface area contributed by atoms with Gasteiger partial charge in [-0.3, -0.25) is 0 Å². The van der Waals surface area contributed by atoms with Crippen molar-refractivity contribution in [3.63, 3.8) is 0 Å². The van der Waals surface area contributed by atoms with Gasteiger partial charge in [-0.15, -0.1) is 0 Å². The molecule has 1 aromatic heterocycles. The van der Waals surface area contributed by atoms with Gasteiger partial charge >= 0.3 is 0 Å². The lowest BCUT2D eigenvalue weighted by molar-refractivity contribution is 0.779. The van der Waals surface area contributed by atoms with Crippen LogP contribution in [-0.2, 0) is 0 Å². The van der Waals surface area contributed by atoms with Crippen LogP contribution in [0.1, 0.15) is 18.7 Å². The maximum atomic E-state index is 6.07. The lowest BCUT2D eigenvalue weighted by Gasteiger charge is -2.04. The van der Waals surface area contributed by atoms with E-state index in [1.54, 1.807) is 11.3 Å². The number of thiazole rings is 1. The standard InChI is InChI=1S/C11H18ClN3S/c1-5-13-7-8(2)6-9-10(12)14-11(16-9)15(3)4/h6,13H,5,7H2,1-4H3. The Morgan fingerprint density at radius 1 is 1.56 bits per heavy atom. The van der Waals surface area contributed by atoms with Gasteiger partial charge in [0.1, 0.15) is 5.15 Å². The number of rotatable bonds is 5. The first-order valence-corrected chi connectivity index (χ1v) is 6.45. The Labute approximate surface area is 106 Å². The van der Waals surface area contributed by atoms with Crippen molar-refractivity contribution in [3.05, 3.63) is 15.6 Å². The summed E-state index contributed by atoms with van der Waals surface area (Å²) < 4.78 is 0. The molecule has 1 rings (SSSR count). The largest absolute Gasteiger partial charge is 0.354 e. The molecule has 0 amide bonds. The van der Waals surface area contributed by atoms with Crippen molar-refractivity contribution >= 4 is 34.1 Å². The third kappa shape index (κ3) is 3.77. The summed E-state index contributed by atoms with van der Waals surface area (Å²) in [6.07, 6.45) is 2.09. The lowest BCUT2D eigenvalue weighted by atomic mass is 10.2. The maximum absolute atomic E-state index is 6.07. The van der Waals surface area contributed by atoms with Crippen LogP contribution >= 0.6 is 22.9 Å². The molecule has 0 unspecified atom stereocenters. The van der Waals surface area contributed by atoms with Gasteiger partial charge in [0, 0.05) is 20.6 Å². The number of nitrogens with one attached hydrogen (secondary N) is 1. The average Bonchev–Trinajstić information content (AvgIpc) is 2.57. The van der Waals surface area contributed by atoms with E-state index >= 15 is 0 Å². The van der Waals surface area contributed by atoms with Gasteiger partial charge in [0.2, 0.25) is 0 Å². The zero-order valence-electron chi connectivity index (χ0n) is 10.2. The number of nitrogens with zero attached hydrogens (tertiary/aromatic N) is 2. The molecule has 0 spiro atoms. The maximum Gasteiger partial charge on any atom is 0.186 e. The third-order valence-corrected chi connectivity index (χ3v) is 3.58. The van der Waals surface area contributed by atoms with E-state index in [9.17, 15) is 0 Å². The second-order valence-electron chi connectivity index (χ2n) is 3.82. The van der Waals surface area contributed by atoms with Gasteiger partial charge in [0.15, 0.2) is 5.13 Å². The Bertz CT molecular complexity index is 371. The van der Waals surface area contributed by atoms with Gasteiger partial charge < -0.3 is 10.2 Å². The molecule has 1 N–H and O–H groups in total. The van der Waals surface area contributed by atoms with Crippen molar-refractivity contribution in [1.29, 1.82) is 0 Å². The van der Waals surface area contributed by atoms with Crippen LogP contribution < -0.4 is 10.2 Å². The van der Waals surface area contributed by atoms with Crippen molar-refractivity contribution in [2.45, 2.75) is 13.8 Å². The molecule has 0 aliphatic rings. The number of aromatic nitrogens is 1. The molecule has 90 valence electrons. The molecule has 1 aromatic rings. The highest BCUT2D eigenvalue weighted by Crippen LogP contribution is 2.30. The Hall–Kier alpha value is -0.580. The van der Waals surface area contributed by atoms with E-state index in [-0.39, 0.29) is 0 Å². The molecule has 0 aromatic carbocycles. The van der Waals surface area contributed by atoms with E-state index in [1.165, 1.54) is 5.57 Å². The average molecular weight is 260 g/mol. The van der Waals surface area contributed by atoms with Crippen molar-refractivity contribution in [3.8, 4) is 0 Å². The minimum Gasteiger partial charge on any atom is -0.354 e. The van der Waals surface area contributed by atoms with Crippen molar-refractivity contribution in [2.24, 2.45) is 0 Å². The van der Waals surface area contributed by atoms with Crippen LogP contribution in [-0.4, -0.2) is 32.2 Å². The highest BCUT2D eigenvalue weighted by atomic mass is 35.5. The molecule has 0 fully saturated rings. The summed E-state index contributed by atoms with van der Waals surface area (Å²) in [6.45, 7) is 6.05. The highest BCUT2D eigenvalue weighted by molar-refractivity contribution is 7.17. The van der Waals surface area contributed by atoms with E-state index in [0.717, 1.165) is 23.1 Å². The van der Waals surface area contributed by atoms with Crippen molar-refractivity contribution in [2.75, 3.05) is 32.1 Å². The fourth-order valence-corrected chi connectivity index (χ4v) is 2.39. The predicted octanol–water partition coefficient (Wildman–Crippen LogP) is 2.88. The van der Waals surface area contributed by atoms with Gasteiger partial charge in [0.25, 0.3) is 0 Å². The quantitative estimate of drug-likeness (QED) is 0.881. The molecule has 0 saturated carbocycles. The fraction of sp³-hybridized carbons (Fsp3) is 0.545. The number of hydrogen-bond donors (Lipinski definition) is 1. The Kier molecular flexibility index (Phi) is 5.25. The van der Waals surface area contributed by atoms with Crippen LogP contribution in [0.25, 0.3) is 6.08 Å². The van der Waals surface area contributed by atoms with Crippen LogP contribution in [0, 0.1) is 0 Å². The first-order valence-electron chi connectivity index (χ1n) is 5.26. The third-order valence-electron chi connectivity index (χ3n) is 2.01. The summed E-state index contributed by atoms with van der Waals surface area (Å²) in [4.78, 5) is 7.28. The monoisotopic (exact) mass is 259 g/mol. The summed E-state index contributed by atoms with van der Waals surface area (Å²) in [6, 6.07) is 0. The minimum atomic E-state index is 0.588. The normalized spacial score (nSPS) is 11.9. The van der Waals surface area contributed by atoms with E-state index in [2.05, 4.69) is 30.2 Å². The van der Waals surface area contributed by atoms with Crippen LogP contribution in [0.3, 0.4) is 0 Å². The zero-order chi connectivity index (χ0) is 12.1. The smallest absolute Gasteiger partial charge is 0.186 e. The molecule has 0 atom stereocenters. The molecule has 0 aliphatic heterocycles. The van der Waals surface area contributed by atoms with Gasteiger partial charge in [-0.25, -0.2) is 4.98 Å². The Balaban J connectivity index is 2.80. The molecular formula is C11H18ClN3S. The van der Waals surface area contributed by atoms with Gasteiger partial charge in [0.05, 0.1) is 4.88 Å². The van der Waals surface area contributed by atoms with E-state index in [4.69, 9.17) is 11.6 Å². The number of halogens is 1. The molecule has 16 heavy (non-hydrogen) atoms. The molecule has 0 bridgehead atoms. The molecule has 0 radical (unpaired) electrons. The van der Waals surface area contributed by atoms with Crippen LogP contribution in [0.5, 0.6) is 0 Å².